The molecule has 19 heavy (non-hydrogen) atoms. The summed E-state index contributed by atoms with van der Waals surface area (Å²) in [6.45, 7) is 1.87. The second-order valence-electron chi connectivity index (χ2n) is 4.13. The maximum absolute atomic E-state index is 12.1. The molecule has 96 valence electrons. The fourth-order valence-corrected chi connectivity index (χ4v) is 2.46. The van der Waals surface area contributed by atoms with Crippen LogP contribution in [0.1, 0.15) is 16.2 Å². The Balaban J connectivity index is 1.95. The summed E-state index contributed by atoms with van der Waals surface area (Å²) < 4.78 is 0. The number of hydrogen-bond acceptors (Lipinski definition) is 5. The number of aromatic nitrogens is 3. The van der Waals surface area contributed by atoms with E-state index in [1.165, 1.54) is 11.3 Å². The van der Waals surface area contributed by atoms with Crippen molar-refractivity contribution in [2.75, 3.05) is 11.1 Å². The zero-order chi connectivity index (χ0) is 13.4. The highest BCUT2D eigenvalue weighted by atomic mass is 32.1. The molecule has 1 aromatic carbocycles. The van der Waals surface area contributed by atoms with Crippen molar-refractivity contribution in [3.8, 4) is 0 Å². The first kappa shape index (κ1) is 11.7. The number of thiazole rings is 1. The summed E-state index contributed by atoms with van der Waals surface area (Å²) in [6.07, 6.45) is 0. The van der Waals surface area contributed by atoms with Crippen LogP contribution in [0.15, 0.2) is 23.6 Å². The highest BCUT2D eigenvalue weighted by molar-refractivity contribution is 7.13. The summed E-state index contributed by atoms with van der Waals surface area (Å²) in [5.41, 5.74) is 8.27. The molecule has 6 nitrogen and oxygen atoms in total. The molecule has 0 aliphatic rings. The molecule has 7 heteroatoms. The lowest BCUT2D eigenvalue weighted by atomic mass is 10.2. The Kier molecular flexibility index (Phi) is 2.68. The van der Waals surface area contributed by atoms with Crippen LogP contribution >= 0.6 is 11.3 Å². The molecule has 0 unspecified atom stereocenters. The zero-order valence-electron chi connectivity index (χ0n) is 10.1. The molecule has 3 rings (SSSR count). The number of benzene rings is 1. The largest absolute Gasteiger partial charge is 0.399 e. The average molecular weight is 273 g/mol. The van der Waals surface area contributed by atoms with Crippen LogP contribution in [-0.4, -0.2) is 21.1 Å². The Morgan fingerprint density at radius 1 is 1.47 bits per heavy atom. The van der Waals surface area contributed by atoms with E-state index in [0.717, 1.165) is 11.2 Å². The summed E-state index contributed by atoms with van der Waals surface area (Å²) >= 11 is 1.38. The van der Waals surface area contributed by atoms with Crippen LogP contribution < -0.4 is 11.1 Å². The van der Waals surface area contributed by atoms with Gasteiger partial charge < -0.3 is 5.73 Å². The average Bonchev–Trinajstić information content (AvgIpc) is 2.95. The molecule has 0 aliphatic carbocycles. The van der Waals surface area contributed by atoms with Gasteiger partial charge in [0.2, 0.25) is 0 Å². The van der Waals surface area contributed by atoms with E-state index >= 15 is 0 Å². The summed E-state index contributed by atoms with van der Waals surface area (Å²) in [4.78, 5) is 16.3. The van der Waals surface area contributed by atoms with Crippen molar-refractivity contribution in [1.29, 1.82) is 0 Å². The number of nitrogens with two attached hydrogens (primary N) is 1. The maximum Gasteiger partial charge on any atom is 0.278 e. The van der Waals surface area contributed by atoms with Crippen LogP contribution in [0.4, 0.5) is 10.8 Å². The molecule has 0 bridgehead atoms. The zero-order valence-corrected chi connectivity index (χ0v) is 10.9. The molecule has 0 radical (unpaired) electrons. The predicted octanol–water partition coefficient (Wildman–Crippen LogP) is 2.16. The fraction of sp³-hybridized carbons (Fsp3) is 0.0833. The van der Waals surface area contributed by atoms with Gasteiger partial charge >= 0.3 is 0 Å². The number of nitrogen functional groups attached to an aromatic ring is 1. The molecule has 4 N–H and O–H groups in total. The van der Waals surface area contributed by atoms with Crippen molar-refractivity contribution in [2.24, 2.45) is 0 Å². The Hall–Kier alpha value is -2.41. The van der Waals surface area contributed by atoms with Crippen LogP contribution in [0.3, 0.4) is 0 Å². The van der Waals surface area contributed by atoms with Gasteiger partial charge in [-0.05, 0) is 25.1 Å². The van der Waals surface area contributed by atoms with Gasteiger partial charge in [-0.1, -0.05) is 0 Å². The number of anilines is 2. The number of carbonyl (C=O) groups is 1. The number of nitrogens with zero attached hydrogens (tertiary/aromatic N) is 2. The topological polar surface area (TPSA) is 96.7 Å². The molecule has 2 aromatic heterocycles. The SMILES string of the molecule is Cc1csc(NC(=O)c2n[nH]c3ccc(N)cc23)n1. The Morgan fingerprint density at radius 2 is 2.32 bits per heavy atom. The maximum atomic E-state index is 12.1. The van der Waals surface area contributed by atoms with E-state index in [-0.39, 0.29) is 5.91 Å². The lowest BCUT2D eigenvalue weighted by Gasteiger charge is -1.99. The van der Waals surface area contributed by atoms with Gasteiger partial charge in [0.25, 0.3) is 5.91 Å². The standard InChI is InChI=1S/C12H11N5OS/c1-6-5-19-12(14-6)15-11(18)10-8-4-7(13)2-3-9(8)16-17-10/h2-5H,13H2,1H3,(H,16,17)(H,14,15,18). The van der Waals surface area contributed by atoms with Crippen molar-refractivity contribution in [1.82, 2.24) is 15.2 Å². The fourth-order valence-electron chi connectivity index (χ4n) is 1.77. The number of hydrogen-bond donors (Lipinski definition) is 3. The van der Waals surface area contributed by atoms with E-state index in [4.69, 9.17) is 5.73 Å². The third-order valence-corrected chi connectivity index (χ3v) is 3.52. The van der Waals surface area contributed by atoms with Gasteiger partial charge in [-0.15, -0.1) is 11.3 Å². The van der Waals surface area contributed by atoms with Crippen molar-refractivity contribution >= 4 is 39.0 Å². The van der Waals surface area contributed by atoms with Crippen molar-refractivity contribution < 1.29 is 4.79 Å². The lowest BCUT2D eigenvalue weighted by molar-refractivity contribution is 0.102. The number of amides is 1. The van der Waals surface area contributed by atoms with E-state index in [0.29, 0.717) is 21.9 Å². The summed E-state index contributed by atoms with van der Waals surface area (Å²) in [6, 6.07) is 5.27. The minimum atomic E-state index is -0.300. The summed E-state index contributed by atoms with van der Waals surface area (Å²) in [5.74, 6) is -0.300. The molecule has 1 amide bonds. The quantitative estimate of drug-likeness (QED) is 0.623. The third-order valence-electron chi connectivity index (χ3n) is 2.64. The lowest BCUT2D eigenvalue weighted by Crippen LogP contribution is -2.12. The molecule has 0 atom stereocenters. The van der Waals surface area contributed by atoms with Gasteiger partial charge in [-0.2, -0.15) is 5.10 Å². The van der Waals surface area contributed by atoms with E-state index in [9.17, 15) is 4.79 Å². The van der Waals surface area contributed by atoms with Crippen LogP contribution in [0.25, 0.3) is 10.9 Å². The van der Waals surface area contributed by atoms with Gasteiger partial charge in [0.1, 0.15) is 0 Å². The van der Waals surface area contributed by atoms with Gasteiger partial charge in [0, 0.05) is 16.5 Å². The predicted molar refractivity (Wildman–Crippen MR) is 75.3 cm³/mol. The molecule has 0 saturated heterocycles. The van der Waals surface area contributed by atoms with Crippen molar-refractivity contribution in [3.63, 3.8) is 0 Å². The number of aryl methyl sites for hydroxylation is 1. The van der Waals surface area contributed by atoms with Crippen LogP contribution in [0, 0.1) is 6.92 Å². The molecule has 2 heterocycles. The molecular weight excluding hydrogens is 262 g/mol. The number of fused-ring (bicyclic) bond motifs is 1. The monoisotopic (exact) mass is 273 g/mol. The molecule has 0 aliphatic heterocycles. The minimum absolute atomic E-state index is 0.300. The van der Waals surface area contributed by atoms with E-state index < -0.39 is 0 Å². The van der Waals surface area contributed by atoms with E-state index in [1.54, 1.807) is 18.2 Å². The third kappa shape index (κ3) is 2.15. The Labute approximate surface area is 112 Å². The smallest absolute Gasteiger partial charge is 0.278 e. The first-order valence-corrected chi connectivity index (χ1v) is 6.48. The first-order chi connectivity index (χ1) is 9.13. The normalized spacial score (nSPS) is 10.8. The first-order valence-electron chi connectivity index (χ1n) is 5.60. The van der Waals surface area contributed by atoms with Crippen LogP contribution in [0.5, 0.6) is 0 Å². The second-order valence-corrected chi connectivity index (χ2v) is 4.98. The number of rotatable bonds is 2. The number of nitrogens with one attached hydrogen (secondary N) is 2. The number of H-pyrrole nitrogens is 1. The van der Waals surface area contributed by atoms with Gasteiger partial charge in [-0.3, -0.25) is 15.2 Å². The summed E-state index contributed by atoms with van der Waals surface area (Å²) in [5, 5.41) is 12.7. The molecule has 0 saturated carbocycles. The van der Waals surface area contributed by atoms with E-state index in [1.807, 2.05) is 12.3 Å². The van der Waals surface area contributed by atoms with Gasteiger partial charge in [-0.25, -0.2) is 4.98 Å². The summed E-state index contributed by atoms with van der Waals surface area (Å²) in [7, 11) is 0. The second kappa shape index (κ2) is 4.36. The Bertz CT molecular complexity index is 760. The van der Waals surface area contributed by atoms with Crippen LogP contribution in [0.2, 0.25) is 0 Å². The van der Waals surface area contributed by atoms with Gasteiger partial charge in [0.05, 0.1) is 11.2 Å². The highest BCUT2D eigenvalue weighted by Crippen LogP contribution is 2.21. The van der Waals surface area contributed by atoms with Crippen LogP contribution in [-0.2, 0) is 0 Å². The molecular formula is C12H11N5OS. The van der Waals surface area contributed by atoms with E-state index in [2.05, 4.69) is 20.5 Å². The number of carbonyl (C=O) groups excluding carboxylic acids is 1. The molecule has 0 fully saturated rings. The molecule has 0 spiro atoms. The molecule has 3 aromatic rings. The highest BCUT2D eigenvalue weighted by Gasteiger charge is 2.15. The number of aromatic amines is 1. The van der Waals surface area contributed by atoms with Gasteiger partial charge in [0.15, 0.2) is 10.8 Å². The van der Waals surface area contributed by atoms with Crippen molar-refractivity contribution in [3.05, 3.63) is 35.0 Å². The Morgan fingerprint density at radius 3 is 3.05 bits per heavy atom. The van der Waals surface area contributed by atoms with Crippen molar-refractivity contribution in [2.45, 2.75) is 6.92 Å². The minimum Gasteiger partial charge on any atom is -0.399 e.